The van der Waals surface area contributed by atoms with E-state index in [9.17, 15) is 12.8 Å². The first-order valence-electron chi connectivity index (χ1n) is 6.40. The first-order chi connectivity index (χ1) is 9.34. The SMILES string of the molecule is CCC(C)N(CCOC)S(=O)(=O)c1ccc(F)cc1N. The number of rotatable bonds is 7. The maximum absolute atomic E-state index is 13.1. The van der Waals surface area contributed by atoms with Crippen LogP contribution in [0.5, 0.6) is 0 Å². The van der Waals surface area contributed by atoms with Crippen LogP contribution in [-0.2, 0) is 14.8 Å². The average molecular weight is 304 g/mol. The molecule has 0 spiro atoms. The number of benzene rings is 1. The third-order valence-corrected chi connectivity index (χ3v) is 5.24. The van der Waals surface area contributed by atoms with E-state index >= 15 is 0 Å². The Bertz CT molecular complexity index is 549. The predicted molar refractivity (Wildman–Crippen MR) is 76.3 cm³/mol. The highest BCUT2D eigenvalue weighted by Gasteiger charge is 2.29. The molecule has 0 saturated heterocycles. The van der Waals surface area contributed by atoms with Gasteiger partial charge in [-0.2, -0.15) is 4.31 Å². The Morgan fingerprint density at radius 1 is 1.45 bits per heavy atom. The third-order valence-electron chi connectivity index (χ3n) is 3.16. The summed E-state index contributed by atoms with van der Waals surface area (Å²) in [6.07, 6.45) is 0.657. The molecule has 0 aliphatic carbocycles. The Kier molecular flexibility index (Phi) is 5.91. The first-order valence-corrected chi connectivity index (χ1v) is 7.84. The molecule has 1 aromatic carbocycles. The van der Waals surface area contributed by atoms with E-state index in [1.165, 1.54) is 17.5 Å². The number of nitrogens with zero attached hydrogens (tertiary/aromatic N) is 1. The van der Waals surface area contributed by atoms with Gasteiger partial charge in [0, 0.05) is 19.7 Å². The van der Waals surface area contributed by atoms with E-state index in [4.69, 9.17) is 10.5 Å². The molecule has 0 aliphatic rings. The Morgan fingerprint density at radius 3 is 2.60 bits per heavy atom. The smallest absolute Gasteiger partial charge is 0.245 e. The fourth-order valence-electron chi connectivity index (χ4n) is 1.84. The lowest BCUT2D eigenvalue weighted by atomic mass is 10.3. The van der Waals surface area contributed by atoms with Crippen molar-refractivity contribution in [3.05, 3.63) is 24.0 Å². The van der Waals surface area contributed by atoms with E-state index < -0.39 is 15.8 Å². The van der Waals surface area contributed by atoms with Crippen LogP contribution in [0.4, 0.5) is 10.1 Å². The van der Waals surface area contributed by atoms with Crippen molar-refractivity contribution in [2.45, 2.75) is 31.2 Å². The number of halogens is 1. The summed E-state index contributed by atoms with van der Waals surface area (Å²) in [5, 5.41) is 0. The van der Waals surface area contributed by atoms with Crippen molar-refractivity contribution >= 4 is 15.7 Å². The van der Waals surface area contributed by atoms with Gasteiger partial charge in [0.05, 0.1) is 12.3 Å². The van der Waals surface area contributed by atoms with Crippen LogP contribution in [0.25, 0.3) is 0 Å². The van der Waals surface area contributed by atoms with Gasteiger partial charge < -0.3 is 10.5 Å². The largest absolute Gasteiger partial charge is 0.398 e. The molecule has 1 unspecified atom stereocenters. The molecule has 114 valence electrons. The Morgan fingerprint density at radius 2 is 2.10 bits per heavy atom. The van der Waals surface area contributed by atoms with Crippen molar-refractivity contribution in [2.24, 2.45) is 0 Å². The van der Waals surface area contributed by atoms with E-state index in [2.05, 4.69) is 0 Å². The molecule has 0 bridgehead atoms. The standard InChI is InChI=1S/C13H21FN2O3S/c1-4-10(2)16(7-8-19-3)20(17,18)13-6-5-11(14)9-12(13)15/h5-6,9-10H,4,7-8,15H2,1-3H3. The van der Waals surface area contributed by atoms with Gasteiger partial charge >= 0.3 is 0 Å². The van der Waals surface area contributed by atoms with Crippen molar-refractivity contribution in [2.75, 3.05) is 26.0 Å². The highest BCUT2D eigenvalue weighted by Crippen LogP contribution is 2.25. The molecule has 7 heteroatoms. The number of hydrogen-bond donors (Lipinski definition) is 1. The minimum Gasteiger partial charge on any atom is -0.398 e. The highest BCUT2D eigenvalue weighted by atomic mass is 32.2. The van der Waals surface area contributed by atoms with Crippen LogP contribution in [0.3, 0.4) is 0 Å². The number of sulfonamides is 1. The molecular formula is C13H21FN2O3S. The van der Waals surface area contributed by atoms with Gasteiger partial charge in [-0.15, -0.1) is 0 Å². The van der Waals surface area contributed by atoms with Gasteiger partial charge in [0.2, 0.25) is 10.0 Å². The van der Waals surface area contributed by atoms with Crippen LogP contribution in [0, 0.1) is 5.82 Å². The summed E-state index contributed by atoms with van der Waals surface area (Å²) in [5.41, 5.74) is 5.55. The number of anilines is 1. The lowest BCUT2D eigenvalue weighted by Gasteiger charge is -2.27. The topological polar surface area (TPSA) is 72.6 Å². The van der Waals surface area contributed by atoms with E-state index in [1.54, 1.807) is 0 Å². The molecular weight excluding hydrogens is 283 g/mol. The highest BCUT2D eigenvalue weighted by molar-refractivity contribution is 7.89. The fourth-order valence-corrected chi connectivity index (χ4v) is 3.63. The molecule has 1 rings (SSSR count). The zero-order chi connectivity index (χ0) is 15.3. The Hall–Kier alpha value is -1.18. The summed E-state index contributed by atoms with van der Waals surface area (Å²) in [5.74, 6) is -0.562. The zero-order valence-corrected chi connectivity index (χ0v) is 12.8. The van der Waals surface area contributed by atoms with Crippen LogP contribution in [-0.4, -0.2) is 39.0 Å². The molecule has 0 amide bonds. The van der Waals surface area contributed by atoms with Crippen molar-refractivity contribution in [1.82, 2.24) is 4.31 Å². The van der Waals surface area contributed by atoms with E-state index in [0.29, 0.717) is 6.42 Å². The quantitative estimate of drug-likeness (QED) is 0.780. The molecule has 20 heavy (non-hydrogen) atoms. The van der Waals surface area contributed by atoms with Crippen molar-refractivity contribution in [3.8, 4) is 0 Å². The molecule has 2 N–H and O–H groups in total. The van der Waals surface area contributed by atoms with Crippen LogP contribution >= 0.6 is 0 Å². The molecule has 1 atom stereocenters. The van der Waals surface area contributed by atoms with Gasteiger partial charge in [0.15, 0.2) is 0 Å². The monoisotopic (exact) mass is 304 g/mol. The maximum atomic E-state index is 13.1. The molecule has 0 fully saturated rings. The fraction of sp³-hybridized carbons (Fsp3) is 0.538. The molecule has 0 aromatic heterocycles. The number of nitrogens with two attached hydrogens (primary N) is 1. The molecule has 0 saturated carbocycles. The first kappa shape index (κ1) is 16.9. The van der Waals surface area contributed by atoms with E-state index in [0.717, 1.165) is 12.1 Å². The van der Waals surface area contributed by atoms with Crippen molar-refractivity contribution < 1.29 is 17.5 Å². The van der Waals surface area contributed by atoms with Gasteiger partial charge in [0.25, 0.3) is 0 Å². The average Bonchev–Trinajstić information content (AvgIpc) is 2.38. The van der Waals surface area contributed by atoms with Gasteiger partial charge in [-0.3, -0.25) is 0 Å². The number of nitrogen functional groups attached to an aromatic ring is 1. The van der Waals surface area contributed by atoms with Crippen LogP contribution < -0.4 is 5.73 Å². The van der Waals surface area contributed by atoms with Crippen molar-refractivity contribution in [1.29, 1.82) is 0 Å². The molecule has 5 nitrogen and oxygen atoms in total. The molecule has 0 heterocycles. The molecule has 0 radical (unpaired) electrons. The lowest BCUT2D eigenvalue weighted by molar-refractivity contribution is 0.167. The zero-order valence-electron chi connectivity index (χ0n) is 12.0. The maximum Gasteiger partial charge on any atom is 0.245 e. The van der Waals surface area contributed by atoms with E-state index in [1.807, 2.05) is 13.8 Å². The van der Waals surface area contributed by atoms with Crippen molar-refractivity contribution in [3.63, 3.8) is 0 Å². The number of methoxy groups -OCH3 is 1. The second-order valence-corrected chi connectivity index (χ2v) is 6.41. The summed E-state index contributed by atoms with van der Waals surface area (Å²) < 4.78 is 44.6. The van der Waals surface area contributed by atoms with Crippen LogP contribution in [0.15, 0.2) is 23.1 Å². The predicted octanol–water partition coefficient (Wildman–Crippen LogP) is 1.84. The summed E-state index contributed by atoms with van der Waals surface area (Å²) in [6, 6.07) is 3.11. The Balaban J connectivity index is 3.21. The number of hydrogen-bond acceptors (Lipinski definition) is 4. The summed E-state index contributed by atoms with van der Waals surface area (Å²) in [6.45, 7) is 4.22. The minimum atomic E-state index is -3.77. The normalized spacial score (nSPS) is 13.7. The summed E-state index contributed by atoms with van der Waals surface area (Å²) in [4.78, 5) is -0.0738. The summed E-state index contributed by atoms with van der Waals surface area (Å²) >= 11 is 0. The second kappa shape index (κ2) is 7.01. The molecule has 0 aliphatic heterocycles. The minimum absolute atomic E-state index is 0.0738. The lowest BCUT2D eigenvalue weighted by Crippen LogP contribution is -2.40. The molecule has 1 aromatic rings. The van der Waals surface area contributed by atoms with Gasteiger partial charge in [-0.05, 0) is 31.5 Å². The second-order valence-electron chi connectivity index (χ2n) is 4.55. The van der Waals surface area contributed by atoms with Crippen LogP contribution in [0.1, 0.15) is 20.3 Å². The van der Waals surface area contributed by atoms with Crippen LogP contribution in [0.2, 0.25) is 0 Å². The third kappa shape index (κ3) is 3.68. The summed E-state index contributed by atoms with van der Waals surface area (Å²) in [7, 11) is -2.26. The van der Waals surface area contributed by atoms with Gasteiger partial charge in [0.1, 0.15) is 10.7 Å². The number of ether oxygens (including phenoxy) is 1. The van der Waals surface area contributed by atoms with E-state index in [-0.39, 0.29) is 29.8 Å². The van der Waals surface area contributed by atoms with Gasteiger partial charge in [-0.25, -0.2) is 12.8 Å². The van der Waals surface area contributed by atoms with Gasteiger partial charge in [-0.1, -0.05) is 6.92 Å². The Labute approximate surface area is 119 Å².